The number of pyridine rings is 2. The lowest BCUT2D eigenvalue weighted by Gasteiger charge is -2.29. The molecule has 0 atom stereocenters. The molecule has 3 N–H and O–H groups in total. The van der Waals surface area contributed by atoms with Gasteiger partial charge >= 0.3 is 5.69 Å². The molecule has 1 amide bonds. The van der Waals surface area contributed by atoms with E-state index < -0.39 is 0 Å². The first-order valence-electron chi connectivity index (χ1n) is 11.8. The molecule has 0 saturated heterocycles. The van der Waals surface area contributed by atoms with Gasteiger partial charge in [0, 0.05) is 18.8 Å². The number of carbonyl (C=O) groups excluding carboxylic acids is 1. The number of amides is 1. The minimum atomic E-state index is -0.141. The van der Waals surface area contributed by atoms with Gasteiger partial charge in [0.1, 0.15) is 5.82 Å². The molecule has 1 saturated carbocycles. The standard InChI is InChI=1S/C26H27ClN6O2/c1-16-21(12-18(27)13-29-16)25(34)31-19-8-6-17(7-9-19)15-32-22-4-2-3-5-23(22)33(26(32)35)20-10-11-24(28)30-14-20/h2-5,10-14,17,19H,6-9,15H2,1H3,(H2,28,30)(H,31,34)/t17-,19-. The van der Waals surface area contributed by atoms with E-state index in [0.717, 1.165) is 36.7 Å². The molecule has 3 aromatic heterocycles. The number of anilines is 1. The summed E-state index contributed by atoms with van der Waals surface area (Å²) in [7, 11) is 0. The predicted molar refractivity (Wildman–Crippen MR) is 137 cm³/mol. The van der Waals surface area contributed by atoms with E-state index in [-0.39, 0.29) is 17.6 Å². The lowest BCUT2D eigenvalue weighted by atomic mass is 9.85. The summed E-state index contributed by atoms with van der Waals surface area (Å²) in [5.74, 6) is 0.618. The van der Waals surface area contributed by atoms with E-state index in [4.69, 9.17) is 17.3 Å². The molecule has 35 heavy (non-hydrogen) atoms. The third-order valence-electron chi connectivity index (χ3n) is 6.79. The number of aromatic nitrogens is 4. The molecule has 8 nitrogen and oxygen atoms in total. The van der Waals surface area contributed by atoms with E-state index in [1.54, 1.807) is 36.0 Å². The zero-order chi connectivity index (χ0) is 24.5. The van der Waals surface area contributed by atoms with Crippen molar-refractivity contribution in [3.05, 3.63) is 81.6 Å². The summed E-state index contributed by atoms with van der Waals surface area (Å²) in [5.41, 5.74) is 9.25. The second kappa shape index (κ2) is 9.54. The monoisotopic (exact) mass is 490 g/mol. The highest BCUT2D eigenvalue weighted by Crippen LogP contribution is 2.28. The number of hydrogen-bond donors (Lipinski definition) is 2. The van der Waals surface area contributed by atoms with Crippen LogP contribution in [0.3, 0.4) is 0 Å². The number of nitrogens with zero attached hydrogens (tertiary/aromatic N) is 4. The van der Waals surface area contributed by atoms with Gasteiger partial charge in [0.05, 0.1) is 39.2 Å². The summed E-state index contributed by atoms with van der Waals surface area (Å²) in [5, 5.41) is 3.58. The second-order valence-electron chi connectivity index (χ2n) is 9.14. The maximum atomic E-state index is 13.5. The Morgan fingerprint density at radius 1 is 1.09 bits per heavy atom. The van der Waals surface area contributed by atoms with E-state index in [2.05, 4.69) is 15.3 Å². The van der Waals surface area contributed by atoms with Crippen molar-refractivity contribution in [1.82, 2.24) is 24.4 Å². The Balaban J connectivity index is 1.30. The zero-order valence-electron chi connectivity index (χ0n) is 19.4. The van der Waals surface area contributed by atoms with Gasteiger partial charge < -0.3 is 11.1 Å². The van der Waals surface area contributed by atoms with Gasteiger partial charge in [0.25, 0.3) is 5.91 Å². The molecule has 0 bridgehead atoms. The zero-order valence-corrected chi connectivity index (χ0v) is 20.2. The van der Waals surface area contributed by atoms with Crippen LogP contribution < -0.4 is 16.7 Å². The summed E-state index contributed by atoms with van der Waals surface area (Å²) in [6, 6.07) is 13.1. The summed E-state index contributed by atoms with van der Waals surface area (Å²) in [6.07, 6.45) is 6.73. The Labute approximate surface area is 207 Å². The largest absolute Gasteiger partial charge is 0.384 e. The number of nitrogens with one attached hydrogen (secondary N) is 1. The van der Waals surface area contributed by atoms with E-state index in [0.29, 0.717) is 40.2 Å². The fourth-order valence-electron chi connectivity index (χ4n) is 4.91. The Morgan fingerprint density at radius 2 is 1.83 bits per heavy atom. The average molecular weight is 491 g/mol. The van der Waals surface area contributed by atoms with Gasteiger partial charge in [0.15, 0.2) is 0 Å². The Kier molecular flexibility index (Phi) is 6.30. The van der Waals surface area contributed by atoms with Crippen LogP contribution in [-0.2, 0) is 6.54 Å². The number of benzene rings is 1. The normalized spacial score (nSPS) is 18.0. The minimum absolute atomic E-state index is 0.0860. The van der Waals surface area contributed by atoms with Crippen LogP contribution in [-0.4, -0.2) is 31.1 Å². The predicted octanol–water partition coefficient (Wildman–Crippen LogP) is 4.12. The fraction of sp³-hybridized carbons (Fsp3) is 0.308. The first-order chi connectivity index (χ1) is 16.9. The van der Waals surface area contributed by atoms with Crippen molar-refractivity contribution in [3.8, 4) is 5.69 Å². The van der Waals surface area contributed by atoms with Crippen molar-refractivity contribution in [2.24, 2.45) is 5.92 Å². The van der Waals surface area contributed by atoms with Crippen molar-refractivity contribution in [2.45, 2.75) is 45.2 Å². The maximum Gasteiger partial charge on any atom is 0.333 e. The average Bonchev–Trinajstić information content (AvgIpc) is 3.13. The van der Waals surface area contributed by atoms with Crippen LogP contribution in [0.15, 0.2) is 59.7 Å². The molecule has 9 heteroatoms. The summed E-state index contributed by atoms with van der Waals surface area (Å²) in [4.78, 5) is 34.5. The number of nitrogen functional groups attached to an aromatic ring is 1. The molecule has 1 aliphatic carbocycles. The number of rotatable bonds is 5. The molecular weight excluding hydrogens is 464 g/mol. The van der Waals surface area contributed by atoms with Gasteiger partial charge in [-0.25, -0.2) is 9.78 Å². The maximum absolute atomic E-state index is 13.5. The highest BCUT2D eigenvalue weighted by atomic mass is 35.5. The Hall–Kier alpha value is -3.65. The Bertz CT molecular complexity index is 1430. The van der Waals surface area contributed by atoms with Crippen molar-refractivity contribution >= 4 is 34.4 Å². The van der Waals surface area contributed by atoms with Gasteiger partial charge in [0.2, 0.25) is 0 Å². The first kappa shape index (κ1) is 23.1. The van der Waals surface area contributed by atoms with Crippen molar-refractivity contribution in [2.75, 3.05) is 5.73 Å². The molecule has 0 radical (unpaired) electrons. The van der Waals surface area contributed by atoms with Gasteiger partial charge in [-0.3, -0.25) is 18.9 Å². The molecule has 0 aliphatic heterocycles. The molecule has 4 aromatic rings. The number of carbonyl (C=O) groups is 1. The number of aryl methyl sites for hydroxylation is 1. The topological polar surface area (TPSA) is 108 Å². The highest BCUT2D eigenvalue weighted by molar-refractivity contribution is 6.30. The smallest absolute Gasteiger partial charge is 0.333 e. The Morgan fingerprint density at radius 3 is 2.54 bits per heavy atom. The van der Waals surface area contributed by atoms with Gasteiger partial charge in [-0.15, -0.1) is 0 Å². The minimum Gasteiger partial charge on any atom is -0.384 e. The first-order valence-corrected chi connectivity index (χ1v) is 12.1. The number of nitrogens with two attached hydrogens (primary N) is 1. The van der Waals surface area contributed by atoms with Crippen LogP contribution in [0, 0.1) is 12.8 Å². The molecule has 1 aliphatic rings. The summed E-state index contributed by atoms with van der Waals surface area (Å²) >= 11 is 6.02. The molecule has 5 rings (SSSR count). The molecule has 1 fully saturated rings. The molecule has 180 valence electrons. The number of halogens is 1. The lowest BCUT2D eigenvalue weighted by Crippen LogP contribution is -2.39. The highest BCUT2D eigenvalue weighted by Gasteiger charge is 2.25. The molecule has 3 heterocycles. The van der Waals surface area contributed by atoms with Crippen LogP contribution in [0.2, 0.25) is 5.02 Å². The number of hydrogen-bond acceptors (Lipinski definition) is 5. The number of imidazole rings is 1. The van der Waals surface area contributed by atoms with Gasteiger partial charge in [-0.05, 0) is 68.9 Å². The van der Waals surface area contributed by atoms with Crippen molar-refractivity contribution in [3.63, 3.8) is 0 Å². The van der Waals surface area contributed by atoms with Crippen molar-refractivity contribution < 1.29 is 4.79 Å². The fourth-order valence-corrected chi connectivity index (χ4v) is 5.07. The van der Waals surface area contributed by atoms with E-state index in [9.17, 15) is 9.59 Å². The summed E-state index contributed by atoms with van der Waals surface area (Å²) < 4.78 is 3.55. The molecule has 1 aromatic carbocycles. The van der Waals surface area contributed by atoms with Crippen LogP contribution >= 0.6 is 11.6 Å². The third-order valence-corrected chi connectivity index (χ3v) is 6.99. The number of para-hydroxylation sites is 2. The van der Waals surface area contributed by atoms with E-state index >= 15 is 0 Å². The van der Waals surface area contributed by atoms with E-state index in [1.807, 2.05) is 34.9 Å². The van der Waals surface area contributed by atoms with Crippen LogP contribution in [0.25, 0.3) is 16.7 Å². The van der Waals surface area contributed by atoms with Crippen molar-refractivity contribution in [1.29, 1.82) is 0 Å². The molecule has 0 unspecified atom stereocenters. The molecule has 0 spiro atoms. The van der Waals surface area contributed by atoms with E-state index in [1.165, 1.54) is 0 Å². The van der Waals surface area contributed by atoms with Gasteiger partial charge in [-0.1, -0.05) is 23.7 Å². The second-order valence-corrected chi connectivity index (χ2v) is 9.57. The lowest BCUT2D eigenvalue weighted by molar-refractivity contribution is 0.0919. The summed E-state index contributed by atoms with van der Waals surface area (Å²) in [6.45, 7) is 2.43. The quantitative estimate of drug-likeness (QED) is 0.437. The van der Waals surface area contributed by atoms with Gasteiger partial charge in [-0.2, -0.15) is 0 Å². The molecular formula is C26H27ClN6O2. The van der Waals surface area contributed by atoms with Crippen LogP contribution in [0.1, 0.15) is 41.7 Å². The third kappa shape index (κ3) is 4.66. The SMILES string of the molecule is Cc1ncc(Cl)cc1C(=O)N[C@H]1CC[C@H](Cn2c(=O)n(-c3ccc(N)nc3)c3ccccc32)CC1. The number of fused-ring (bicyclic) bond motifs is 1. The van der Waals surface area contributed by atoms with Crippen LogP contribution in [0.5, 0.6) is 0 Å². The van der Waals surface area contributed by atoms with Crippen LogP contribution in [0.4, 0.5) is 5.82 Å².